The Morgan fingerprint density at radius 2 is 2.50 bits per heavy atom. The van der Waals surface area contributed by atoms with Crippen LogP contribution >= 0.6 is 11.8 Å². The van der Waals surface area contributed by atoms with Gasteiger partial charge in [0, 0.05) is 7.05 Å². The molecule has 0 spiro atoms. The largest absolute Gasteiger partial charge is 0.320 e. The number of nitrogens with zero attached hydrogens (tertiary/aromatic N) is 3. The fraction of sp³-hybridized carbons (Fsp3) is 0.500. The molecule has 0 unspecified atom stereocenters. The Morgan fingerprint density at radius 1 is 1.67 bits per heavy atom. The van der Waals surface area contributed by atoms with Crippen LogP contribution in [-0.2, 0) is 12.8 Å². The summed E-state index contributed by atoms with van der Waals surface area (Å²) in [7, 11) is 1.95. The molecular weight excluding hydrogens is 170 g/mol. The van der Waals surface area contributed by atoms with Crippen LogP contribution in [0.15, 0.2) is 6.33 Å². The summed E-state index contributed by atoms with van der Waals surface area (Å²) in [6.45, 7) is 1.85. The third-order valence-electron chi connectivity index (χ3n) is 1.39. The molecule has 0 saturated carbocycles. The van der Waals surface area contributed by atoms with Crippen LogP contribution < -0.4 is 0 Å². The van der Waals surface area contributed by atoms with E-state index in [2.05, 4.69) is 22.0 Å². The molecule has 1 heterocycles. The Bertz CT molecular complexity index is 295. The molecule has 3 nitrogen and oxygen atoms in total. The molecule has 0 aliphatic rings. The minimum atomic E-state index is 0.864. The zero-order chi connectivity index (χ0) is 8.81. The lowest BCUT2D eigenvalue weighted by atomic mass is 10.7. The standard InChI is InChI=1S/C8H11N3S/c1-3-4-5-12-6-8-10-9-7-11(8)2/h7H,5-6H2,1-2H3. The summed E-state index contributed by atoms with van der Waals surface area (Å²) >= 11 is 1.75. The average molecular weight is 181 g/mol. The van der Waals surface area contributed by atoms with E-state index < -0.39 is 0 Å². The Morgan fingerprint density at radius 3 is 3.08 bits per heavy atom. The third kappa shape index (κ3) is 2.59. The summed E-state index contributed by atoms with van der Waals surface area (Å²) in [6.07, 6.45) is 1.71. The molecule has 0 aromatic carbocycles. The van der Waals surface area contributed by atoms with Gasteiger partial charge in [0.25, 0.3) is 0 Å². The molecule has 0 aliphatic carbocycles. The second kappa shape index (κ2) is 4.83. The van der Waals surface area contributed by atoms with Gasteiger partial charge in [-0.3, -0.25) is 0 Å². The maximum absolute atomic E-state index is 3.96. The van der Waals surface area contributed by atoms with Gasteiger partial charge in [-0.15, -0.1) is 27.9 Å². The van der Waals surface area contributed by atoms with E-state index in [4.69, 9.17) is 0 Å². The second-order valence-corrected chi connectivity index (χ2v) is 3.26. The van der Waals surface area contributed by atoms with Crippen LogP contribution in [0.5, 0.6) is 0 Å². The van der Waals surface area contributed by atoms with Crippen molar-refractivity contribution in [3.8, 4) is 11.8 Å². The molecule has 0 aliphatic heterocycles. The van der Waals surface area contributed by atoms with Crippen molar-refractivity contribution in [2.24, 2.45) is 7.05 Å². The lowest BCUT2D eigenvalue weighted by molar-refractivity contribution is 0.849. The fourth-order valence-electron chi connectivity index (χ4n) is 0.703. The smallest absolute Gasteiger partial charge is 0.142 e. The molecule has 1 rings (SSSR count). The highest BCUT2D eigenvalue weighted by atomic mass is 32.2. The quantitative estimate of drug-likeness (QED) is 0.516. The van der Waals surface area contributed by atoms with Crippen LogP contribution in [0.1, 0.15) is 12.7 Å². The van der Waals surface area contributed by atoms with Gasteiger partial charge in [0.05, 0.1) is 11.5 Å². The van der Waals surface area contributed by atoms with E-state index in [0.29, 0.717) is 0 Å². The molecule has 0 amide bonds. The highest BCUT2D eigenvalue weighted by Gasteiger charge is 1.98. The SMILES string of the molecule is CC#CCSCc1nncn1C. The van der Waals surface area contributed by atoms with Crippen LogP contribution in [0.2, 0.25) is 0 Å². The lowest BCUT2D eigenvalue weighted by Crippen LogP contribution is -1.94. The molecule has 0 atom stereocenters. The zero-order valence-electron chi connectivity index (χ0n) is 7.24. The number of aromatic nitrogens is 3. The highest BCUT2D eigenvalue weighted by molar-refractivity contribution is 7.98. The summed E-state index contributed by atoms with van der Waals surface area (Å²) in [5.74, 6) is 8.58. The van der Waals surface area contributed by atoms with Gasteiger partial charge in [0.1, 0.15) is 12.2 Å². The van der Waals surface area contributed by atoms with Crippen LogP contribution in [0.25, 0.3) is 0 Å². The summed E-state index contributed by atoms with van der Waals surface area (Å²) in [5, 5.41) is 7.74. The number of aryl methyl sites for hydroxylation is 1. The van der Waals surface area contributed by atoms with Crippen molar-refractivity contribution in [2.75, 3.05) is 5.75 Å². The molecular formula is C8H11N3S. The first-order valence-electron chi connectivity index (χ1n) is 3.65. The number of rotatable bonds is 3. The average Bonchev–Trinajstić information content (AvgIpc) is 2.46. The van der Waals surface area contributed by atoms with Crippen molar-refractivity contribution in [3.63, 3.8) is 0 Å². The molecule has 0 fully saturated rings. The first kappa shape index (κ1) is 9.14. The Labute approximate surface area is 76.6 Å². The number of hydrogen-bond acceptors (Lipinski definition) is 3. The van der Waals surface area contributed by atoms with E-state index in [9.17, 15) is 0 Å². The monoisotopic (exact) mass is 181 g/mol. The predicted octanol–water partition coefficient (Wildman–Crippen LogP) is 1.07. The van der Waals surface area contributed by atoms with Gasteiger partial charge in [0.2, 0.25) is 0 Å². The molecule has 1 aromatic rings. The third-order valence-corrected chi connectivity index (χ3v) is 2.20. The first-order valence-corrected chi connectivity index (χ1v) is 4.80. The van der Waals surface area contributed by atoms with Crippen LogP contribution in [0, 0.1) is 11.8 Å². The highest BCUT2D eigenvalue weighted by Crippen LogP contribution is 2.07. The van der Waals surface area contributed by atoms with Gasteiger partial charge in [-0.25, -0.2) is 0 Å². The normalized spacial score (nSPS) is 9.17. The molecule has 12 heavy (non-hydrogen) atoms. The van der Waals surface area contributed by atoms with Gasteiger partial charge in [-0.1, -0.05) is 5.92 Å². The summed E-state index contributed by atoms with van der Waals surface area (Å²) in [5.41, 5.74) is 0. The molecule has 0 N–H and O–H groups in total. The predicted molar refractivity (Wildman–Crippen MR) is 50.6 cm³/mol. The number of hydrogen-bond donors (Lipinski definition) is 0. The minimum Gasteiger partial charge on any atom is -0.320 e. The summed E-state index contributed by atoms with van der Waals surface area (Å²) in [6, 6.07) is 0. The molecule has 0 bridgehead atoms. The van der Waals surface area contributed by atoms with Crippen molar-refractivity contribution in [2.45, 2.75) is 12.7 Å². The maximum Gasteiger partial charge on any atom is 0.142 e. The van der Waals surface area contributed by atoms with Gasteiger partial charge in [-0.05, 0) is 6.92 Å². The zero-order valence-corrected chi connectivity index (χ0v) is 8.06. The van der Waals surface area contributed by atoms with Gasteiger partial charge in [0.15, 0.2) is 0 Å². The lowest BCUT2D eigenvalue weighted by Gasteiger charge is -1.96. The topological polar surface area (TPSA) is 30.7 Å². The van der Waals surface area contributed by atoms with Crippen molar-refractivity contribution in [1.29, 1.82) is 0 Å². The van der Waals surface area contributed by atoms with Gasteiger partial charge in [-0.2, -0.15) is 0 Å². The van der Waals surface area contributed by atoms with Crippen molar-refractivity contribution in [1.82, 2.24) is 14.8 Å². The Hall–Kier alpha value is -0.950. The maximum atomic E-state index is 3.96. The molecule has 0 radical (unpaired) electrons. The fourth-order valence-corrected chi connectivity index (χ4v) is 1.50. The van der Waals surface area contributed by atoms with E-state index in [0.717, 1.165) is 17.3 Å². The van der Waals surface area contributed by atoms with E-state index in [-0.39, 0.29) is 0 Å². The number of thioether (sulfide) groups is 1. The summed E-state index contributed by atoms with van der Waals surface area (Å²) < 4.78 is 1.92. The van der Waals surface area contributed by atoms with E-state index >= 15 is 0 Å². The van der Waals surface area contributed by atoms with Crippen LogP contribution in [-0.4, -0.2) is 20.5 Å². The molecule has 64 valence electrons. The van der Waals surface area contributed by atoms with Crippen molar-refractivity contribution < 1.29 is 0 Å². The summed E-state index contributed by atoms with van der Waals surface area (Å²) in [4.78, 5) is 0. The van der Waals surface area contributed by atoms with Gasteiger partial charge < -0.3 is 4.57 Å². The van der Waals surface area contributed by atoms with E-state index in [1.165, 1.54) is 0 Å². The molecule has 0 saturated heterocycles. The minimum absolute atomic E-state index is 0.864. The Balaban J connectivity index is 2.32. The van der Waals surface area contributed by atoms with Crippen LogP contribution in [0.3, 0.4) is 0 Å². The van der Waals surface area contributed by atoms with E-state index in [1.807, 2.05) is 18.5 Å². The van der Waals surface area contributed by atoms with Crippen LogP contribution in [0.4, 0.5) is 0 Å². The first-order chi connectivity index (χ1) is 5.84. The Kier molecular flexibility index (Phi) is 3.68. The molecule has 1 aromatic heterocycles. The van der Waals surface area contributed by atoms with E-state index in [1.54, 1.807) is 18.1 Å². The molecule has 4 heteroatoms. The van der Waals surface area contributed by atoms with Gasteiger partial charge >= 0.3 is 0 Å². The van der Waals surface area contributed by atoms with Crippen molar-refractivity contribution in [3.05, 3.63) is 12.2 Å². The second-order valence-electron chi connectivity index (χ2n) is 2.28. The van der Waals surface area contributed by atoms with Crippen molar-refractivity contribution >= 4 is 11.8 Å².